The first-order valence-electron chi connectivity index (χ1n) is 7.80. The van der Waals surface area contributed by atoms with Crippen LogP contribution in [-0.2, 0) is 4.74 Å². The monoisotopic (exact) mass is 277 g/mol. The summed E-state index contributed by atoms with van der Waals surface area (Å²) in [6.07, 6.45) is 4.05. The SMILES string of the molecule is CC[C@H](C)Oc1cccc([C@H](C)NC[C@@H]2CCCO2)c1. The molecule has 112 valence electrons. The summed E-state index contributed by atoms with van der Waals surface area (Å²) in [6.45, 7) is 8.28. The van der Waals surface area contributed by atoms with Crippen LogP contribution < -0.4 is 10.1 Å². The van der Waals surface area contributed by atoms with Gasteiger partial charge in [0.2, 0.25) is 0 Å². The molecule has 1 aliphatic heterocycles. The molecule has 1 N–H and O–H groups in total. The molecule has 2 rings (SSSR count). The van der Waals surface area contributed by atoms with E-state index in [2.05, 4.69) is 44.3 Å². The molecule has 0 aromatic heterocycles. The van der Waals surface area contributed by atoms with Crippen molar-refractivity contribution in [3.8, 4) is 5.75 Å². The Labute approximate surface area is 122 Å². The Morgan fingerprint density at radius 1 is 1.40 bits per heavy atom. The summed E-state index contributed by atoms with van der Waals surface area (Å²) >= 11 is 0. The topological polar surface area (TPSA) is 30.5 Å². The zero-order valence-electron chi connectivity index (χ0n) is 12.9. The Kier molecular flexibility index (Phi) is 5.86. The highest BCUT2D eigenvalue weighted by Gasteiger charge is 2.16. The molecule has 3 heteroatoms. The van der Waals surface area contributed by atoms with Crippen molar-refractivity contribution >= 4 is 0 Å². The quantitative estimate of drug-likeness (QED) is 0.824. The third kappa shape index (κ3) is 4.50. The van der Waals surface area contributed by atoms with Gasteiger partial charge in [0.25, 0.3) is 0 Å². The minimum absolute atomic E-state index is 0.264. The molecular weight excluding hydrogens is 250 g/mol. The van der Waals surface area contributed by atoms with E-state index in [9.17, 15) is 0 Å². The maximum Gasteiger partial charge on any atom is 0.120 e. The van der Waals surface area contributed by atoms with Gasteiger partial charge in [0.15, 0.2) is 0 Å². The van der Waals surface area contributed by atoms with Gasteiger partial charge in [-0.05, 0) is 50.8 Å². The number of hydrogen-bond donors (Lipinski definition) is 1. The Morgan fingerprint density at radius 2 is 2.25 bits per heavy atom. The van der Waals surface area contributed by atoms with Crippen molar-refractivity contribution < 1.29 is 9.47 Å². The van der Waals surface area contributed by atoms with Crippen LogP contribution in [0, 0.1) is 0 Å². The van der Waals surface area contributed by atoms with E-state index in [1.807, 2.05) is 6.07 Å². The molecular formula is C17H27NO2. The fourth-order valence-corrected chi connectivity index (χ4v) is 2.40. The highest BCUT2D eigenvalue weighted by molar-refractivity contribution is 5.30. The van der Waals surface area contributed by atoms with Gasteiger partial charge in [0.1, 0.15) is 5.75 Å². The molecule has 1 saturated heterocycles. The van der Waals surface area contributed by atoms with Crippen LogP contribution >= 0.6 is 0 Å². The molecule has 0 saturated carbocycles. The van der Waals surface area contributed by atoms with Gasteiger partial charge in [-0.2, -0.15) is 0 Å². The summed E-state index contributed by atoms with van der Waals surface area (Å²) in [6, 6.07) is 8.70. The number of benzene rings is 1. The lowest BCUT2D eigenvalue weighted by Crippen LogP contribution is -2.28. The molecule has 3 atom stereocenters. The second-order valence-electron chi connectivity index (χ2n) is 5.67. The molecule has 1 aromatic carbocycles. The van der Waals surface area contributed by atoms with E-state index in [1.165, 1.54) is 18.4 Å². The third-order valence-electron chi connectivity index (χ3n) is 3.95. The van der Waals surface area contributed by atoms with Crippen LogP contribution in [0.1, 0.15) is 51.6 Å². The predicted molar refractivity (Wildman–Crippen MR) is 82.2 cm³/mol. The minimum Gasteiger partial charge on any atom is -0.491 e. The Balaban J connectivity index is 1.88. The second kappa shape index (κ2) is 7.65. The van der Waals surface area contributed by atoms with Crippen molar-refractivity contribution in [2.75, 3.05) is 13.2 Å². The first-order valence-corrected chi connectivity index (χ1v) is 7.80. The number of nitrogens with one attached hydrogen (secondary N) is 1. The molecule has 1 aromatic rings. The van der Waals surface area contributed by atoms with Crippen molar-refractivity contribution in [2.45, 2.75) is 58.3 Å². The molecule has 0 radical (unpaired) electrons. The Morgan fingerprint density at radius 3 is 2.95 bits per heavy atom. The molecule has 0 unspecified atom stereocenters. The van der Waals surface area contributed by atoms with Crippen LogP contribution in [0.5, 0.6) is 5.75 Å². The molecule has 1 aliphatic rings. The number of ether oxygens (including phenoxy) is 2. The normalized spacial score (nSPS) is 21.6. The fourth-order valence-electron chi connectivity index (χ4n) is 2.40. The smallest absolute Gasteiger partial charge is 0.120 e. The van der Waals surface area contributed by atoms with Gasteiger partial charge in [-0.25, -0.2) is 0 Å². The van der Waals surface area contributed by atoms with Crippen molar-refractivity contribution in [3.05, 3.63) is 29.8 Å². The average Bonchev–Trinajstić information content (AvgIpc) is 2.98. The van der Waals surface area contributed by atoms with Gasteiger partial charge in [0.05, 0.1) is 12.2 Å². The van der Waals surface area contributed by atoms with Gasteiger partial charge in [-0.3, -0.25) is 0 Å². The first kappa shape index (κ1) is 15.3. The van der Waals surface area contributed by atoms with Crippen molar-refractivity contribution in [1.29, 1.82) is 0 Å². The second-order valence-corrected chi connectivity index (χ2v) is 5.67. The molecule has 1 heterocycles. The van der Waals surface area contributed by atoms with E-state index < -0.39 is 0 Å². The number of rotatable bonds is 7. The summed E-state index contributed by atoms with van der Waals surface area (Å²) < 4.78 is 11.5. The molecule has 20 heavy (non-hydrogen) atoms. The molecule has 0 bridgehead atoms. The van der Waals surface area contributed by atoms with E-state index in [1.54, 1.807) is 0 Å². The van der Waals surface area contributed by atoms with Crippen LogP contribution in [0.4, 0.5) is 0 Å². The standard InChI is InChI=1S/C17H27NO2/c1-4-13(2)20-16-8-5-7-15(11-16)14(3)18-12-17-9-6-10-19-17/h5,7-8,11,13-14,17-18H,4,6,9-10,12H2,1-3H3/t13-,14-,17-/m0/s1. The molecule has 0 spiro atoms. The first-order chi connectivity index (χ1) is 9.69. The highest BCUT2D eigenvalue weighted by atomic mass is 16.5. The largest absolute Gasteiger partial charge is 0.491 e. The van der Waals surface area contributed by atoms with Gasteiger partial charge in [-0.15, -0.1) is 0 Å². The zero-order valence-corrected chi connectivity index (χ0v) is 12.9. The molecule has 3 nitrogen and oxygen atoms in total. The summed E-state index contributed by atoms with van der Waals surface area (Å²) in [7, 11) is 0. The van der Waals surface area contributed by atoms with Gasteiger partial charge < -0.3 is 14.8 Å². The van der Waals surface area contributed by atoms with Crippen molar-refractivity contribution in [2.24, 2.45) is 0 Å². The Hall–Kier alpha value is -1.06. The van der Waals surface area contributed by atoms with E-state index in [0.717, 1.165) is 25.3 Å². The van der Waals surface area contributed by atoms with E-state index in [0.29, 0.717) is 12.1 Å². The number of hydrogen-bond acceptors (Lipinski definition) is 3. The predicted octanol–water partition coefficient (Wildman–Crippen LogP) is 3.69. The maximum absolute atomic E-state index is 5.88. The highest BCUT2D eigenvalue weighted by Crippen LogP contribution is 2.21. The van der Waals surface area contributed by atoms with E-state index in [4.69, 9.17) is 9.47 Å². The summed E-state index contributed by atoms with van der Waals surface area (Å²) in [5, 5.41) is 3.55. The van der Waals surface area contributed by atoms with Crippen molar-refractivity contribution in [3.63, 3.8) is 0 Å². The van der Waals surface area contributed by atoms with Crippen LogP contribution in [0.3, 0.4) is 0 Å². The lowest BCUT2D eigenvalue weighted by atomic mass is 10.1. The molecule has 0 aliphatic carbocycles. The fraction of sp³-hybridized carbons (Fsp3) is 0.647. The van der Waals surface area contributed by atoms with Crippen LogP contribution in [-0.4, -0.2) is 25.4 Å². The third-order valence-corrected chi connectivity index (χ3v) is 3.95. The van der Waals surface area contributed by atoms with Gasteiger partial charge in [0, 0.05) is 19.2 Å². The van der Waals surface area contributed by atoms with Crippen LogP contribution in [0.25, 0.3) is 0 Å². The summed E-state index contributed by atoms with van der Waals surface area (Å²) in [5.41, 5.74) is 1.27. The van der Waals surface area contributed by atoms with Crippen LogP contribution in [0.2, 0.25) is 0 Å². The van der Waals surface area contributed by atoms with Gasteiger partial charge >= 0.3 is 0 Å². The molecule has 1 fully saturated rings. The average molecular weight is 277 g/mol. The lowest BCUT2D eigenvalue weighted by Gasteiger charge is -2.19. The minimum atomic E-state index is 0.264. The van der Waals surface area contributed by atoms with E-state index >= 15 is 0 Å². The van der Waals surface area contributed by atoms with Crippen molar-refractivity contribution in [1.82, 2.24) is 5.32 Å². The molecule has 0 amide bonds. The Bertz CT molecular complexity index is 402. The summed E-state index contributed by atoms with van der Waals surface area (Å²) in [4.78, 5) is 0. The zero-order chi connectivity index (χ0) is 14.4. The van der Waals surface area contributed by atoms with Gasteiger partial charge in [-0.1, -0.05) is 19.1 Å². The summed E-state index contributed by atoms with van der Waals surface area (Å²) in [5.74, 6) is 0.961. The van der Waals surface area contributed by atoms with Crippen LogP contribution in [0.15, 0.2) is 24.3 Å². The maximum atomic E-state index is 5.88. The van der Waals surface area contributed by atoms with E-state index in [-0.39, 0.29) is 6.10 Å². The lowest BCUT2D eigenvalue weighted by molar-refractivity contribution is 0.108.